The Morgan fingerprint density at radius 1 is 1.00 bits per heavy atom. The molecule has 0 saturated heterocycles. The number of aromatic amines is 3. The molecule has 0 aliphatic carbocycles. The second kappa shape index (κ2) is 6.50. The summed E-state index contributed by atoms with van der Waals surface area (Å²) in [5.41, 5.74) is 2.13. The maximum Gasteiger partial charge on any atom is 0.325 e. The first kappa shape index (κ1) is 17.7. The first-order valence-electron chi connectivity index (χ1n) is 8.23. The minimum atomic E-state index is -4.15. The zero-order chi connectivity index (χ0) is 19.9. The summed E-state index contributed by atoms with van der Waals surface area (Å²) in [6.07, 6.45) is 0.855. The van der Waals surface area contributed by atoms with Crippen LogP contribution in [0.1, 0.15) is 5.56 Å². The largest absolute Gasteiger partial charge is 0.338 e. The second-order valence-electron chi connectivity index (χ2n) is 6.23. The quantitative estimate of drug-likeness (QED) is 0.415. The zero-order valence-electron chi connectivity index (χ0n) is 14.6. The topological polar surface area (TPSA) is 141 Å². The van der Waals surface area contributed by atoms with Crippen molar-refractivity contribution >= 4 is 26.7 Å². The normalized spacial score (nSPS) is 11.6. The van der Waals surface area contributed by atoms with Crippen molar-refractivity contribution < 1.29 is 8.42 Å². The minimum absolute atomic E-state index is 0.265. The molecule has 0 aliphatic heterocycles. The van der Waals surface area contributed by atoms with Gasteiger partial charge in [-0.15, -0.1) is 0 Å². The SMILES string of the molecule is Cc1ccc2nc(-c3ccc(NS(=O)(=O)c4c[nH]c(=O)[nH]c4=O)cc3)[nH]c2c1. The summed E-state index contributed by atoms with van der Waals surface area (Å²) >= 11 is 0. The third kappa shape index (κ3) is 3.32. The summed E-state index contributed by atoms with van der Waals surface area (Å²) in [5, 5.41) is 0. The van der Waals surface area contributed by atoms with Gasteiger partial charge in [-0.2, -0.15) is 0 Å². The van der Waals surface area contributed by atoms with Gasteiger partial charge < -0.3 is 9.97 Å². The van der Waals surface area contributed by atoms with Crippen molar-refractivity contribution in [3.63, 3.8) is 0 Å². The molecule has 10 heteroatoms. The molecular weight excluding hydrogens is 382 g/mol. The summed E-state index contributed by atoms with van der Waals surface area (Å²) < 4.78 is 27.0. The van der Waals surface area contributed by atoms with Crippen molar-refractivity contribution in [3.05, 3.63) is 75.1 Å². The summed E-state index contributed by atoms with van der Waals surface area (Å²) in [6.45, 7) is 1.99. The molecule has 2 aromatic carbocycles. The highest BCUT2D eigenvalue weighted by Gasteiger charge is 2.19. The molecule has 4 rings (SSSR count). The van der Waals surface area contributed by atoms with E-state index in [9.17, 15) is 18.0 Å². The van der Waals surface area contributed by atoms with Crippen molar-refractivity contribution in [2.24, 2.45) is 0 Å². The number of hydrogen-bond acceptors (Lipinski definition) is 5. The average Bonchev–Trinajstić information content (AvgIpc) is 3.04. The molecule has 0 radical (unpaired) electrons. The van der Waals surface area contributed by atoms with E-state index in [-0.39, 0.29) is 5.69 Å². The van der Waals surface area contributed by atoms with E-state index < -0.39 is 26.2 Å². The molecule has 2 aromatic heterocycles. The van der Waals surface area contributed by atoms with E-state index in [1.807, 2.05) is 30.1 Å². The fourth-order valence-electron chi connectivity index (χ4n) is 2.76. The van der Waals surface area contributed by atoms with Crippen LogP contribution in [0, 0.1) is 6.92 Å². The number of imidazole rings is 1. The van der Waals surface area contributed by atoms with E-state index in [4.69, 9.17) is 0 Å². The second-order valence-corrected chi connectivity index (χ2v) is 7.88. The van der Waals surface area contributed by atoms with Crippen LogP contribution < -0.4 is 16.0 Å². The average molecular weight is 397 g/mol. The van der Waals surface area contributed by atoms with Gasteiger partial charge in [0.05, 0.1) is 11.0 Å². The molecule has 0 fully saturated rings. The molecule has 0 aliphatic rings. The standard InChI is InChI=1S/C18H15N5O4S/c1-10-2-7-13-14(8-10)21-16(20-13)11-3-5-12(6-4-11)23-28(26,27)15-9-19-18(25)22-17(15)24/h2-9,23H,1H3,(H,20,21)(H2,19,22,24,25). The predicted octanol–water partition coefficient (Wildman–Crippen LogP) is 1.72. The van der Waals surface area contributed by atoms with E-state index in [1.165, 1.54) is 0 Å². The van der Waals surface area contributed by atoms with Crippen molar-refractivity contribution in [2.45, 2.75) is 11.8 Å². The number of H-pyrrole nitrogens is 3. The number of sulfonamides is 1. The highest BCUT2D eigenvalue weighted by Crippen LogP contribution is 2.23. The predicted molar refractivity (Wildman–Crippen MR) is 105 cm³/mol. The third-order valence-electron chi connectivity index (χ3n) is 4.12. The van der Waals surface area contributed by atoms with Crippen molar-refractivity contribution in [3.8, 4) is 11.4 Å². The van der Waals surface area contributed by atoms with Gasteiger partial charge in [-0.25, -0.2) is 18.2 Å². The molecule has 4 N–H and O–H groups in total. The van der Waals surface area contributed by atoms with Gasteiger partial charge in [-0.1, -0.05) is 6.07 Å². The fraction of sp³-hybridized carbons (Fsp3) is 0.0556. The van der Waals surface area contributed by atoms with E-state index >= 15 is 0 Å². The fourth-order valence-corrected chi connectivity index (χ4v) is 3.83. The van der Waals surface area contributed by atoms with Gasteiger partial charge in [0, 0.05) is 17.4 Å². The number of fused-ring (bicyclic) bond motifs is 1. The van der Waals surface area contributed by atoms with Gasteiger partial charge in [0.2, 0.25) is 0 Å². The summed E-state index contributed by atoms with van der Waals surface area (Å²) in [4.78, 5) is 34.0. The lowest BCUT2D eigenvalue weighted by Crippen LogP contribution is -2.29. The molecule has 2 heterocycles. The van der Waals surface area contributed by atoms with Crippen LogP contribution in [0.25, 0.3) is 22.4 Å². The van der Waals surface area contributed by atoms with E-state index in [2.05, 4.69) is 19.7 Å². The maximum atomic E-state index is 12.4. The lowest BCUT2D eigenvalue weighted by atomic mass is 10.2. The highest BCUT2D eigenvalue weighted by molar-refractivity contribution is 7.92. The summed E-state index contributed by atoms with van der Waals surface area (Å²) in [6, 6.07) is 12.4. The number of benzene rings is 2. The molecule has 28 heavy (non-hydrogen) atoms. The van der Waals surface area contributed by atoms with Crippen LogP contribution in [0.2, 0.25) is 0 Å². The van der Waals surface area contributed by atoms with Crippen LogP contribution in [0.15, 0.2) is 63.1 Å². The molecule has 0 amide bonds. The molecule has 0 unspecified atom stereocenters. The zero-order valence-corrected chi connectivity index (χ0v) is 15.4. The van der Waals surface area contributed by atoms with Crippen LogP contribution in [0.3, 0.4) is 0 Å². The molecule has 4 aromatic rings. The van der Waals surface area contributed by atoms with Crippen LogP contribution in [0.5, 0.6) is 0 Å². The Bertz CT molecular complexity index is 1400. The number of hydrogen-bond donors (Lipinski definition) is 4. The van der Waals surface area contributed by atoms with Crippen molar-refractivity contribution in [1.82, 2.24) is 19.9 Å². The Morgan fingerprint density at radius 3 is 2.46 bits per heavy atom. The van der Waals surface area contributed by atoms with Crippen LogP contribution in [0.4, 0.5) is 5.69 Å². The molecular formula is C18H15N5O4S. The number of rotatable bonds is 4. The van der Waals surface area contributed by atoms with Gasteiger partial charge in [0.25, 0.3) is 15.6 Å². The van der Waals surface area contributed by atoms with Gasteiger partial charge in [0.1, 0.15) is 5.82 Å². The number of aromatic nitrogens is 4. The van der Waals surface area contributed by atoms with Crippen LogP contribution in [-0.2, 0) is 10.0 Å². The van der Waals surface area contributed by atoms with Gasteiger partial charge in [-0.3, -0.25) is 14.5 Å². The van der Waals surface area contributed by atoms with Crippen LogP contribution in [-0.4, -0.2) is 28.4 Å². The highest BCUT2D eigenvalue weighted by atomic mass is 32.2. The first-order chi connectivity index (χ1) is 13.3. The first-order valence-corrected chi connectivity index (χ1v) is 9.72. The van der Waals surface area contributed by atoms with E-state index in [1.54, 1.807) is 24.3 Å². The Labute approximate surface area is 158 Å². The molecule has 9 nitrogen and oxygen atoms in total. The minimum Gasteiger partial charge on any atom is -0.338 e. The monoisotopic (exact) mass is 397 g/mol. The van der Waals surface area contributed by atoms with Gasteiger partial charge in [-0.05, 0) is 48.9 Å². The van der Waals surface area contributed by atoms with Crippen molar-refractivity contribution in [2.75, 3.05) is 4.72 Å². The summed E-state index contributed by atoms with van der Waals surface area (Å²) in [7, 11) is -4.15. The lowest BCUT2D eigenvalue weighted by molar-refractivity contribution is 0.599. The van der Waals surface area contributed by atoms with E-state index in [0.717, 1.165) is 28.4 Å². The molecule has 0 bridgehead atoms. The van der Waals surface area contributed by atoms with Gasteiger partial charge >= 0.3 is 5.69 Å². The molecule has 0 spiro atoms. The Balaban J connectivity index is 1.62. The maximum absolute atomic E-state index is 12.4. The molecule has 142 valence electrons. The Morgan fingerprint density at radius 2 is 1.75 bits per heavy atom. The smallest absolute Gasteiger partial charge is 0.325 e. The number of nitrogens with zero attached hydrogens (tertiary/aromatic N) is 1. The molecule has 0 saturated carbocycles. The lowest BCUT2D eigenvalue weighted by Gasteiger charge is -2.07. The third-order valence-corrected chi connectivity index (χ3v) is 5.51. The van der Waals surface area contributed by atoms with Crippen LogP contribution >= 0.6 is 0 Å². The van der Waals surface area contributed by atoms with Crippen molar-refractivity contribution in [1.29, 1.82) is 0 Å². The number of nitrogens with one attached hydrogen (secondary N) is 4. The molecule has 0 atom stereocenters. The Kier molecular flexibility index (Phi) is 4.12. The van der Waals surface area contributed by atoms with E-state index in [0.29, 0.717) is 5.82 Å². The number of aryl methyl sites for hydroxylation is 1. The summed E-state index contributed by atoms with van der Waals surface area (Å²) in [5.74, 6) is 0.659. The Hall–Kier alpha value is -3.66. The number of anilines is 1. The van der Waals surface area contributed by atoms with Gasteiger partial charge in [0.15, 0.2) is 4.90 Å².